The minimum absolute atomic E-state index is 0.153. The Morgan fingerprint density at radius 3 is 2.00 bits per heavy atom. The van der Waals surface area contributed by atoms with Crippen molar-refractivity contribution in [3.8, 4) is 11.5 Å². The van der Waals surface area contributed by atoms with Crippen LogP contribution < -0.4 is 0 Å². The van der Waals surface area contributed by atoms with E-state index in [0.717, 1.165) is 0 Å². The number of benzene rings is 1. The summed E-state index contributed by atoms with van der Waals surface area (Å²) < 4.78 is 0. The van der Waals surface area contributed by atoms with Crippen molar-refractivity contribution in [1.29, 1.82) is 0 Å². The van der Waals surface area contributed by atoms with E-state index in [1.165, 1.54) is 18.2 Å². The molecule has 0 aromatic heterocycles. The third-order valence-corrected chi connectivity index (χ3v) is 1.17. The second kappa shape index (κ2) is 4.85. The Hall–Kier alpha value is -0.890. The number of aromatic hydroxyl groups is 2. The van der Waals surface area contributed by atoms with Gasteiger partial charge in [-0.3, -0.25) is 0 Å². The molecule has 2 N–H and O–H groups in total. The molecule has 1 aromatic rings. The third-order valence-electron chi connectivity index (χ3n) is 0.937. The van der Waals surface area contributed by atoms with E-state index < -0.39 is 0 Å². The normalized spacial score (nSPS) is 8.27. The summed E-state index contributed by atoms with van der Waals surface area (Å²) in [6.07, 6.45) is 0. The molecule has 3 heteroatoms. The van der Waals surface area contributed by atoms with Crippen molar-refractivity contribution in [3.05, 3.63) is 23.2 Å². The van der Waals surface area contributed by atoms with Gasteiger partial charge in [-0.05, 0) is 12.1 Å². The van der Waals surface area contributed by atoms with E-state index in [0.29, 0.717) is 5.02 Å². The molecule has 2 nitrogen and oxygen atoms in total. The summed E-state index contributed by atoms with van der Waals surface area (Å²) in [5, 5.41) is 17.9. The van der Waals surface area contributed by atoms with E-state index in [-0.39, 0.29) is 11.5 Å². The molecule has 0 unspecified atom stereocenters. The molecule has 0 saturated carbocycles. The fraction of sp³-hybridized carbons (Fsp3) is 0.250. The summed E-state index contributed by atoms with van der Waals surface area (Å²) in [5.41, 5.74) is 0. The van der Waals surface area contributed by atoms with Crippen LogP contribution in [0, 0.1) is 0 Å². The average molecular weight is 175 g/mol. The summed E-state index contributed by atoms with van der Waals surface area (Å²) in [6, 6.07) is 4.10. The molecule has 0 aliphatic heterocycles. The van der Waals surface area contributed by atoms with Crippen LogP contribution in [0.3, 0.4) is 0 Å². The number of halogens is 1. The van der Waals surface area contributed by atoms with E-state index in [4.69, 9.17) is 21.8 Å². The van der Waals surface area contributed by atoms with E-state index >= 15 is 0 Å². The van der Waals surface area contributed by atoms with Gasteiger partial charge in [0.1, 0.15) is 0 Å². The van der Waals surface area contributed by atoms with Crippen LogP contribution >= 0.6 is 11.6 Å². The highest BCUT2D eigenvalue weighted by Crippen LogP contribution is 2.26. The van der Waals surface area contributed by atoms with Gasteiger partial charge in [0.2, 0.25) is 0 Å². The predicted molar refractivity (Wildman–Crippen MR) is 46.1 cm³/mol. The third kappa shape index (κ3) is 3.14. The van der Waals surface area contributed by atoms with Crippen molar-refractivity contribution < 1.29 is 10.2 Å². The molecule has 62 valence electrons. The van der Waals surface area contributed by atoms with E-state index in [9.17, 15) is 0 Å². The molecular weight excluding hydrogens is 164 g/mol. The van der Waals surface area contributed by atoms with Crippen LogP contribution in [0.5, 0.6) is 11.5 Å². The highest BCUT2D eigenvalue weighted by Gasteiger charge is 1.96. The van der Waals surface area contributed by atoms with Crippen LogP contribution in [0.25, 0.3) is 0 Å². The van der Waals surface area contributed by atoms with Crippen molar-refractivity contribution in [1.82, 2.24) is 0 Å². The summed E-state index contributed by atoms with van der Waals surface area (Å²) in [5.74, 6) is -0.345. The molecule has 0 spiro atoms. The second-order valence-corrected chi connectivity index (χ2v) is 2.07. The van der Waals surface area contributed by atoms with Crippen molar-refractivity contribution in [2.24, 2.45) is 0 Å². The Labute approximate surface area is 71.1 Å². The Morgan fingerprint density at radius 2 is 1.64 bits per heavy atom. The molecule has 1 rings (SSSR count). The topological polar surface area (TPSA) is 40.5 Å². The minimum atomic E-state index is -0.192. The number of phenols is 2. The van der Waals surface area contributed by atoms with Crippen LogP contribution in [-0.2, 0) is 0 Å². The number of hydrogen-bond donors (Lipinski definition) is 2. The Bertz CT molecular complexity index is 223. The van der Waals surface area contributed by atoms with Gasteiger partial charge in [-0.25, -0.2) is 0 Å². The molecule has 0 heterocycles. The maximum atomic E-state index is 8.77. The van der Waals surface area contributed by atoms with Crippen LogP contribution in [0.2, 0.25) is 5.02 Å². The minimum Gasteiger partial charge on any atom is -0.504 e. The fourth-order valence-electron chi connectivity index (χ4n) is 0.497. The molecule has 0 fully saturated rings. The number of phenolic OH excluding ortho intramolecular Hbond substituents is 2. The van der Waals surface area contributed by atoms with Crippen molar-refractivity contribution in [3.63, 3.8) is 0 Å². The Kier molecular flexibility index (Phi) is 4.46. The summed E-state index contributed by atoms with van der Waals surface area (Å²) in [6.45, 7) is 4.00. The summed E-state index contributed by atoms with van der Waals surface area (Å²) >= 11 is 5.45. The molecule has 0 saturated heterocycles. The Morgan fingerprint density at radius 1 is 1.09 bits per heavy atom. The SMILES string of the molecule is CC.Oc1ccc(Cl)cc1O. The highest BCUT2D eigenvalue weighted by atomic mass is 35.5. The van der Waals surface area contributed by atoms with Gasteiger partial charge in [-0.2, -0.15) is 0 Å². The first-order valence-corrected chi connectivity index (χ1v) is 3.75. The molecule has 0 aliphatic carbocycles. The smallest absolute Gasteiger partial charge is 0.158 e. The van der Waals surface area contributed by atoms with E-state index in [1.807, 2.05) is 13.8 Å². The lowest BCUT2D eigenvalue weighted by Crippen LogP contribution is -1.66. The van der Waals surface area contributed by atoms with Crippen molar-refractivity contribution in [2.75, 3.05) is 0 Å². The van der Waals surface area contributed by atoms with Gasteiger partial charge in [0.05, 0.1) is 0 Å². The zero-order valence-electron chi connectivity index (χ0n) is 6.50. The number of hydrogen-bond acceptors (Lipinski definition) is 2. The second-order valence-electron chi connectivity index (χ2n) is 1.63. The van der Waals surface area contributed by atoms with Gasteiger partial charge in [0.25, 0.3) is 0 Å². The highest BCUT2D eigenvalue weighted by molar-refractivity contribution is 6.30. The average Bonchev–Trinajstić information content (AvgIpc) is 2.02. The molecule has 0 bridgehead atoms. The Balaban J connectivity index is 0.000000461. The van der Waals surface area contributed by atoms with Gasteiger partial charge in [-0.15, -0.1) is 0 Å². The van der Waals surface area contributed by atoms with Gasteiger partial charge >= 0.3 is 0 Å². The number of rotatable bonds is 0. The van der Waals surface area contributed by atoms with E-state index in [1.54, 1.807) is 0 Å². The van der Waals surface area contributed by atoms with Crippen molar-refractivity contribution >= 4 is 11.6 Å². The molecule has 0 amide bonds. The molecule has 0 aliphatic rings. The molecule has 11 heavy (non-hydrogen) atoms. The zero-order valence-corrected chi connectivity index (χ0v) is 7.26. The van der Waals surface area contributed by atoms with Gasteiger partial charge in [0, 0.05) is 11.1 Å². The van der Waals surface area contributed by atoms with Crippen molar-refractivity contribution in [2.45, 2.75) is 13.8 Å². The van der Waals surface area contributed by atoms with Gasteiger partial charge < -0.3 is 10.2 Å². The summed E-state index contributed by atoms with van der Waals surface area (Å²) in [4.78, 5) is 0. The lowest BCUT2D eigenvalue weighted by molar-refractivity contribution is 0.404. The molecule has 0 atom stereocenters. The van der Waals surface area contributed by atoms with Crippen LogP contribution in [0.4, 0.5) is 0 Å². The van der Waals surface area contributed by atoms with E-state index in [2.05, 4.69) is 0 Å². The predicted octanol–water partition coefficient (Wildman–Crippen LogP) is 2.78. The standard InChI is InChI=1S/C6H5ClO2.C2H6/c7-4-1-2-5(8)6(9)3-4;1-2/h1-3,8-9H;1-2H3. The first-order chi connectivity index (χ1) is 5.20. The summed E-state index contributed by atoms with van der Waals surface area (Å²) in [7, 11) is 0. The van der Waals surface area contributed by atoms with Crippen LogP contribution in [0.15, 0.2) is 18.2 Å². The first kappa shape index (κ1) is 10.1. The zero-order chi connectivity index (χ0) is 8.85. The largest absolute Gasteiger partial charge is 0.504 e. The lowest BCUT2D eigenvalue weighted by Gasteiger charge is -1.94. The monoisotopic (exact) mass is 174 g/mol. The molecule has 0 radical (unpaired) electrons. The lowest BCUT2D eigenvalue weighted by atomic mass is 10.3. The van der Waals surface area contributed by atoms with Gasteiger partial charge in [0.15, 0.2) is 11.5 Å². The van der Waals surface area contributed by atoms with Crippen LogP contribution in [0.1, 0.15) is 13.8 Å². The van der Waals surface area contributed by atoms with Gasteiger partial charge in [-0.1, -0.05) is 25.4 Å². The maximum Gasteiger partial charge on any atom is 0.158 e. The quantitative estimate of drug-likeness (QED) is 0.594. The van der Waals surface area contributed by atoms with Crippen LogP contribution in [-0.4, -0.2) is 10.2 Å². The first-order valence-electron chi connectivity index (χ1n) is 3.37. The molecular formula is C8H11ClO2. The maximum absolute atomic E-state index is 8.77. The fourth-order valence-corrected chi connectivity index (χ4v) is 0.663. The molecule has 1 aromatic carbocycles.